The summed E-state index contributed by atoms with van der Waals surface area (Å²) >= 11 is 0. The summed E-state index contributed by atoms with van der Waals surface area (Å²) < 4.78 is 18.8. The van der Waals surface area contributed by atoms with E-state index in [9.17, 15) is 9.50 Å². The molecule has 0 saturated heterocycles. The Labute approximate surface area is 112 Å². The average molecular weight is 262 g/mol. The van der Waals surface area contributed by atoms with Crippen LogP contribution in [0.4, 0.5) is 4.39 Å². The maximum Gasteiger partial charge on any atom is 0.123 e. The second-order valence-corrected chi connectivity index (χ2v) is 5.04. The molecule has 0 aliphatic carbocycles. The summed E-state index contributed by atoms with van der Waals surface area (Å²) in [5.41, 5.74) is 3.60. The van der Waals surface area contributed by atoms with Crippen molar-refractivity contribution in [2.75, 3.05) is 0 Å². The Balaban J connectivity index is 2.30. The third kappa shape index (κ3) is 2.71. The maximum atomic E-state index is 13.3. The molecule has 1 atom stereocenters. The van der Waals surface area contributed by atoms with Gasteiger partial charge in [0.15, 0.2) is 0 Å². The molecule has 0 aliphatic heterocycles. The van der Waals surface area contributed by atoms with Crippen molar-refractivity contribution in [3.8, 4) is 0 Å². The summed E-state index contributed by atoms with van der Waals surface area (Å²) in [7, 11) is 0. The number of aliphatic hydroxyl groups excluding tert-OH is 1. The summed E-state index contributed by atoms with van der Waals surface area (Å²) in [5.74, 6) is 1.28. The Kier molecular flexibility index (Phi) is 3.76. The standard InChI is InChI=1S/C16H19FO2/c1-9-5-6-14(17)7-13(9)8-15(18)16-10(2)11(3)19-12(16)4/h5-7,15,18H,8H2,1-4H3. The first kappa shape index (κ1) is 13.8. The first-order valence-corrected chi connectivity index (χ1v) is 6.39. The number of benzene rings is 1. The number of hydrogen-bond acceptors (Lipinski definition) is 2. The minimum atomic E-state index is -0.669. The van der Waals surface area contributed by atoms with Gasteiger partial charge in [0.25, 0.3) is 0 Å². The molecule has 1 N–H and O–H groups in total. The predicted molar refractivity (Wildman–Crippen MR) is 72.7 cm³/mol. The lowest BCUT2D eigenvalue weighted by atomic mass is 9.96. The van der Waals surface area contributed by atoms with Gasteiger partial charge < -0.3 is 9.52 Å². The van der Waals surface area contributed by atoms with Gasteiger partial charge in [0.05, 0.1) is 6.10 Å². The highest BCUT2D eigenvalue weighted by molar-refractivity contribution is 5.35. The van der Waals surface area contributed by atoms with E-state index in [1.807, 2.05) is 27.7 Å². The molecule has 3 heteroatoms. The number of hydrogen-bond donors (Lipinski definition) is 1. The summed E-state index contributed by atoms with van der Waals surface area (Å²) in [5, 5.41) is 10.4. The molecule has 0 aliphatic rings. The molecular weight excluding hydrogens is 243 g/mol. The van der Waals surface area contributed by atoms with Gasteiger partial charge >= 0.3 is 0 Å². The topological polar surface area (TPSA) is 33.4 Å². The van der Waals surface area contributed by atoms with Gasteiger partial charge in [0.2, 0.25) is 0 Å². The van der Waals surface area contributed by atoms with Crippen molar-refractivity contribution in [3.63, 3.8) is 0 Å². The smallest absolute Gasteiger partial charge is 0.123 e. The third-order valence-electron chi connectivity index (χ3n) is 3.68. The van der Waals surface area contributed by atoms with Crippen molar-refractivity contribution in [1.82, 2.24) is 0 Å². The van der Waals surface area contributed by atoms with Gasteiger partial charge in [-0.15, -0.1) is 0 Å². The van der Waals surface area contributed by atoms with E-state index < -0.39 is 6.10 Å². The fourth-order valence-corrected chi connectivity index (χ4v) is 2.47. The van der Waals surface area contributed by atoms with Gasteiger partial charge in [-0.05, 0) is 56.5 Å². The molecule has 102 valence electrons. The Morgan fingerprint density at radius 1 is 1.16 bits per heavy atom. The number of furan rings is 1. The Morgan fingerprint density at radius 2 is 1.84 bits per heavy atom. The zero-order chi connectivity index (χ0) is 14.2. The minimum Gasteiger partial charge on any atom is -0.466 e. The highest BCUT2D eigenvalue weighted by atomic mass is 19.1. The van der Waals surface area contributed by atoms with E-state index >= 15 is 0 Å². The fraction of sp³-hybridized carbons (Fsp3) is 0.375. The molecule has 19 heavy (non-hydrogen) atoms. The molecule has 0 amide bonds. The molecule has 2 aromatic rings. The zero-order valence-corrected chi connectivity index (χ0v) is 11.7. The molecule has 1 heterocycles. The second-order valence-electron chi connectivity index (χ2n) is 5.04. The largest absolute Gasteiger partial charge is 0.466 e. The Morgan fingerprint density at radius 3 is 2.42 bits per heavy atom. The van der Waals surface area contributed by atoms with E-state index in [2.05, 4.69) is 0 Å². The Bertz CT molecular complexity index is 599. The molecule has 2 nitrogen and oxygen atoms in total. The molecule has 1 aromatic heterocycles. The van der Waals surface area contributed by atoms with Gasteiger partial charge in [0.1, 0.15) is 17.3 Å². The van der Waals surface area contributed by atoms with Crippen LogP contribution >= 0.6 is 0 Å². The van der Waals surface area contributed by atoms with Crippen molar-refractivity contribution in [2.45, 2.75) is 40.2 Å². The normalized spacial score (nSPS) is 12.7. The lowest BCUT2D eigenvalue weighted by Gasteiger charge is -2.13. The average Bonchev–Trinajstić information content (AvgIpc) is 2.58. The molecule has 0 radical (unpaired) electrons. The van der Waals surface area contributed by atoms with Crippen molar-refractivity contribution in [3.05, 3.63) is 57.8 Å². The second kappa shape index (κ2) is 5.17. The SMILES string of the molecule is Cc1ccc(F)cc1CC(O)c1c(C)oc(C)c1C. The van der Waals surface area contributed by atoms with Crippen LogP contribution in [-0.2, 0) is 6.42 Å². The molecule has 2 rings (SSSR count). The fourth-order valence-electron chi connectivity index (χ4n) is 2.47. The maximum absolute atomic E-state index is 13.3. The molecule has 0 saturated carbocycles. The Hall–Kier alpha value is -1.61. The third-order valence-corrected chi connectivity index (χ3v) is 3.68. The lowest BCUT2D eigenvalue weighted by molar-refractivity contribution is 0.175. The zero-order valence-electron chi connectivity index (χ0n) is 11.7. The summed E-state index contributed by atoms with van der Waals surface area (Å²) in [4.78, 5) is 0. The van der Waals surface area contributed by atoms with E-state index in [4.69, 9.17) is 4.42 Å². The molecular formula is C16H19FO2. The quantitative estimate of drug-likeness (QED) is 0.909. The number of halogens is 1. The van der Waals surface area contributed by atoms with Crippen molar-refractivity contribution in [2.24, 2.45) is 0 Å². The predicted octanol–water partition coefficient (Wildman–Crippen LogP) is 3.93. The van der Waals surface area contributed by atoms with Crippen LogP contribution in [0.3, 0.4) is 0 Å². The first-order valence-electron chi connectivity index (χ1n) is 6.39. The van der Waals surface area contributed by atoms with Gasteiger partial charge in [-0.25, -0.2) is 4.39 Å². The van der Waals surface area contributed by atoms with Gasteiger partial charge in [-0.1, -0.05) is 6.07 Å². The van der Waals surface area contributed by atoms with Crippen LogP contribution in [0.1, 0.15) is 39.9 Å². The molecule has 1 unspecified atom stereocenters. The molecule has 0 fully saturated rings. The number of aliphatic hydroxyl groups is 1. The van der Waals surface area contributed by atoms with E-state index in [0.29, 0.717) is 6.42 Å². The summed E-state index contributed by atoms with van der Waals surface area (Å²) in [6.07, 6.45) is -0.275. The molecule has 0 spiro atoms. The van der Waals surface area contributed by atoms with Crippen LogP contribution in [0.2, 0.25) is 0 Å². The van der Waals surface area contributed by atoms with Crippen molar-refractivity contribution >= 4 is 0 Å². The number of rotatable bonds is 3. The summed E-state index contributed by atoms with van der Waals surface area (Å²) in [6, 6.07) is 4.65. The van der Waals surface area contributed by atoms with Crippen LogP contribution in [0.5, 0.6) is 0 Å². The first-order chi connectivity index (χ1) is 8.90. The lowest BCUT2D eigenvalue weighted by Crippen LogP contribution is -2.05. The number of aryl methyl sites for hydroxylation is 3. The molecule has 0 bridgehead atoms. The van der Waals surface area contributed by atoms with Crippen LogP contribution < -0.4 is 0 Å². The van der Waals surface area contributed by atoms with E-state index in [0.717, 1.165) is 33.8 Å². The molecule has 1 aromatic carbocycles. The van der Waals surface area contributed by atoms with E-state index in [1.54, 1.807) is 6.07 Å². The summed E-state index contributed by atoms with van der Waals surface area (Å²) in [6.45, 7) is 7.58. The minimum absolute atomic E-state index is 0.274. The van der Waals surface area contributed by atoms with Crippen LogP contribution in [0.15, 0.2) is 22.6 Å². The van der Waals surface area contributed by atoms with E-state index in [1.165, 1.54) is 12.1 Å². The van der Waals surface area contributed by atoms with Crippen molar-refractivity contribution in [1.29, 1.82) is 0 Å². The van der Waals surface area contributed by atoms with Gasteiger partial charge in [-0.2, -0.15) is 0 Å². The van der Waals surface area contributed by atoms with Crippen LogP contribution in [0.25, 0.3) is 0 Å². The van der Waals surface area contributed by atoms with Crippen molar-refractivity contribution < 1.29 is 13.9 Å². The van der Waals surface area contributed by atoms with Gasteiger partial charge in [-0.3, -0.25) is 0 Å². The van der Waals surface area contributed by atoms with E-state index in [-0.39, 0.29) is 5.82 Å². The van der Waals surface area contributed by atoms with Gasteiger partial charge in [0, 0.05) is 12.0 Å². The monoisotopic (exact) mass is 262 g/mol. The highest BCUT2D eigenvalue weighted by Crippen LogP contribution is 2.30. The van der Waals surface area contributed by atoms with Crippen LogP contribution in [-0.4, -0.2) is 5.11 Å². The van der Waals surface area contributed by atoms with Crippen LogP contribution in [0, 0.1) is 33.5 Å². The highest BCUT2D eigenvalue weighted by Gasteiger charge is 2.20.